The summed E-state index contributed by atoms with van der Waals surface area (Å²) in [4.78, 5) is 0. The second-order valence-electron chi connectivity index (χ2n) is 5.86. The molecule has 0 atom stereocenters. The Morgan fingerprint density at radius 1 is 1.35 bits per heavy atom. The van der Waals surface area contributed by atoms with Gasteiger partial charge in [0.15, 0.2) is 0 Å². The van der Waals surface area contributed by atoms with Crippen LogP contribution in [0.15, 0.2) is 18.2 Å². The van der Waals surface area contributed by atoms with Crippen molar-refractivity contribution in [3.8, 4) is 0 Å². The van der Waals surface area contributed by atoms with Crippen LogP contribution < -0.4 is 10.9 Å². The van der Waals surface area contributed by atoms with Crippen molar-refractivity contribution in [3.63, 3.8) is 0 Å². The third-order valence-electron chi connectivity index (χ3n) is 4.46. The number of unbranched alkanes of at least 4 members (excludes halogenated alkanes) is 1. The van der Waals surface area contributed by atoms with Crippen molar-refractivity contribution in [2.75, 3.05) is 12.1 Å². The van der Waals surface area contributed by atoms with E-state index in [0.29, 0.717) is 5.41 Å². The van der Waals surface area contributed by atoms with Crippen LogP contribution in [0.1, 0.15) is 43.7 Å². The number of hydrogen-bond donors (Lipinski definition) is 1. The van der Waals surface area contributed by atoms with Crippen LogP contribution in [0.4, 0.5) is 5.69 Å². The summed E-state index contributed by atoms with van der Waals surface area (Å²) < 4.78 is 0. The van der Waals surface area contributed by atoms with Gasteiger partial charge in [0.25, 0.3) is 0 Å². The molecule has 0 aliphatic heterocycles. The zero-order chi connectivity index (χ0) is 12.0. The highest BCUT2D eigenvalue weighted by Gasteiger charge is 2.70. The van der Waals surface area contributed by atoms with Gasteiger partial charge in [0.1, 0.15) is 0 Å². The minimum atomic E-state index is 0.590. The van der Waals surface area contributed by atoms with Gasteiger partial charge in [-0.15, -0.1) is 0 Å². The number of nitrogens with two attached hydrogens (primary N) is 1. The molecule has 0 radical (unpaired) electrons. The monoisotopic (exact) mass is 230 g/mol. The Morgan fingerprint density at radius 2 is 2.06 bits per heavy atom. The lowest BCUT2D eigenvalue weighted by Gasteiger charge is -2.17. The van der Waals surface area contributed by atoms with Crippen LogP contribution in [0.3, 0.4) is 0 Å². The number of nitrogens with zero attached hydrogens (tertiary/aromatic N) is 1. The van der Waals surface area contributed by atoms with Gasteiger partial charge in [0.2, 0.25) is 0 Å². The Hall–Kier alpha value is -1.02. The molecule has 2 aliphatic rings. The Kier molecular flexibility index (Phi) is 2.44. The van der Waals surface area contributed by atoms with Crippen LogP contribution in [0.5, 0.6) is 0 Å². The molecule has 2 nitrogen and oxygen atoms in total. The zero-order valence-electron chi connectivity index (χ0n) is 10.9. The lowest BCUT2D eigenvalue weighted by molar-refractivity contribution is 0.785. The minimum absolute atomic E-state index is 0.590. The first kappa shape index (κ1) is 11.1. The van der Waals surface area contributed by atoms with Gasteiger partial charge in [0.05, 0.1) is 5.69 Å². The number of hydrazine groups is 1. The fraction of sp³-hybridized carbons (Fsp3) is 0.600. The van der Waals surface area contributed by atoms with Gasteiger partial charge in [-0.25, -0.2) is 5.84 Å². The van der Waals surface area contributed by atoms with Crippen LogP contribution in [0.25, 0.3) is 0 Å². The molecular weight excluding hydrogens is 208 g/mol. The van der Waals surface area contributed by atoms with Crippen LogP contribution in [-0.2, 0) is 11.8 Å². The molecular formula is C15H22N2. The normalized spacial score (nSPS) is 28.8. The molecule has 92 valence electrons. The Balaban J connectivity index is 1.89. The molecule has 1 aromatic carbocycles. The topological polar surface area (TPSA) is 29.3 Å². The first-order valence-electron chi connectivity index (χ1n) is 6.78. The molecule has 0 amide bonds. The number of benzene rings is 1. The van der Waals surface area contributed by atoms with E-state index in [-0.39, 0.29) is 0 Å². The summed E-state index contributed by atoms with van der Waals surface area (Å²) in [6.45, 7) is 2.25. The molecule has 1 aromatic rings. The van der Waals surface area contributed by atoms with Crippen LogP contribution in [-0.4, -0.2) is 7.05 Å². The molecule has 3 rings (SSSR count). The quantitative estimate of drug-likeness (QED) is 0.622. The Bertz CT molecular complexity index is 431. The van der Waals surface area contributed by atoms with Crippen molar-refractivity contribution in [2.24, 2.45) is 11.8 Å². The van der Waals surface area contributed by atoms with E-state index in [2.05, 4.69) is 25.1 Å². The predicted octanol–water partition coefficient (Wildman–Crippen LogP) is 3.00. The molecule has 2 aliphatic carbocycles. The van der Waals surface area contributed by atoms with Gasteiger partial charge < -0.3 is 5.01 Å². The molecule has 2 N–H and O–H groups in total. The summed E-state index contributed by atoms with van der Waals surface area (Å²) in [6, 6.07) is 6.97. The maximum atomic E-state index is 5.89. The second-order valence-corrected chi connectivity index (χ2v) is 5.86. The highest BCUT2D eigenvalue weighted by molar-refractivity contribution is 5.55. The fourth-order valence-corrected chi connectivity index (χ4v) is 2.86. The van der Waals surface area contributed by atoms with E-state index in [1.807, 2.05) is 7.05 Å². The van der Waals surface area contributed by atoms with E-state index >= 15 is 0 Å². The fourth-order valence-electron chi connectivity index (χ4n) is 2.86. The highest BCUT2D eigenvalue weighted by atomic mass is 15.4. The number of fused-ring (bicyclic) bond motifs is 1. The predicted molar refractivity (Wildman–Crippen MR) is 72.0 cm³/mol. The van der Waals surface area contributed by atoms with Crippen molar-refractivity contribution in [2.45, 2.75) is 44.4 Å². The maximum Gasteiger partial charge on any atom is 0.0519 e. The zero-order valence-corrected chi connectivity index (χ0v) is 10.9. The van der Waals surface area contributed by atoms with Crippen molar-refractivity contribution in [3.05, 3.63) is 29.3 Å². The third-order valence-corrected chi connectivity index (χ3v) is 4.46. The number of anilines is 1. The summed E-state index contributed by atoms with van der Waals surface area (Å²) in [6.07, 6.45) is 6.54. The van der Waals surface area contributed by atoms with Gasteiger partial charge in [0, 0.05) is 7.05 Å². The van der Waals surface area contributed by atoms with Crippen LogP contribution >= 0.6 is 0 Å². The van der Waals surface area contributed by atoms with Crippen LogP contribution in [0.2, 0.25) is 0 Å². The first-order valence-corrected chi connectivity index (χ1v) is 6.78. The average molecular weight is 230 g/mol. The SMILES string of the molecule is CCCCc1cc(N(C)N)cc(C23CC2C3)c1. The summed E-state index contributed by atoms with van der Waals surface area (Å²) in [7, 11) is 1.93. The largest absolute Gasteiger partial charge is 0.314 e. The van der Waals surface area contributed by atoms with Gasteiger partial charge >= 0.3 is 0 Å². The number of aryl methyl sites for hydroxylation is 1. The molecule has 0 saturated heterocycles. The van der Waals surface area contributed by atoms with Gasteiger partial charge in [-0.05, 0) is 60.3 Å². The number of rotatable bonds is 5. The van der Waals surface area contributed by atoms with Gasteiger partial charge in [-0.3, -0.25) is 0 Å². The minimum Gasteiger partial charge on any atom is -0.314 e. The molecule has 0 spiro atoms. The lowest BCUT2D eigenvalue weighted by atomic mass is 9.97. The first-order chi connectivity index (χ1) is 8.15. The van der Waals surface area contributed by atoms with Crippen molar-refractivity contribution >= 4 is 5.69 Å². The van der Waals surface area contributed by atoms with E-state index in [1.165, 1.54) is 43.4 Å². The molecule has 0 aromatic heterocycles. The third kappa shape index (κ3) is 1.85. The standard InChI is InChI=1S/C15H22N2/c1-3-4-5-11-6-12(15-9-13(15)10-15)8-14(7-11)17(2)16/h6-8,13H,3-5,9-10,16H2,1-2H3. The molecule has 2 fully saturated rings. The van der Waals surface area contributed by atoms with Crippen LogP contribution in [0, 0.1) is 5.92 Å². The average Bonchev–Trinajstić information content (AvgIpc) is 3.14. The lowest BCUT2D eigenvalue weighted by Crippen LogP contribution is -2.25. The summed E-state index contributed by atoms with van der Waals surface area (Å²) >= 11 is 0. The number of hydrogen-bond acceptors (Lipinski definition) is 2. The van der Waals surface area contributed by atoms with E-state index in [0.717, 1.165) is 5.92 Å². The smallest absolute Gasteiger partial charge is 0.0519 e. The molecule has 17 heavy (non-hydrogen) atoms. The van der Waals surface area contributed by atoms with E-state index in [9.17, 15) is 0 Å². The molecule has 0 bridgehead atoms. The molecule has 2 saturated carbocycles. The van der Waals surface area contributed by atoms with E-state index in [1.54, 1.807) is 10.6 Å². The van der Waals surface area contributed by atoms with E-state index in [4.69, 9.17) is 5.84 Å². The summed E-state index contributed by atoms with van der Waals surface area (Å²) in [5, 5.41) is 1.75. The maximum absolute atomic E-state index is 5.89. The van der Waals surface area contributed by atoms with Gasteiger partial charge in [-0.1, -0.05) is 19.4 Å². The molecule has 2 heteroatoms. The van der Waals surface area contributed by atoms with Crippen molar-refractivity contribution < 1.29 is 0 Å². The van der Waals surface area contributed by atoms with Gasteiger partial charge in [-0.2, -0.15) is 0 Å². The van der Waals surface area contributed by atoms with Crippen molar-refractivity contribution in [1.29, 1.82) is 0 Å². The van der Waals surface area contributed by atoms with E-state index < -0.39 is 0 Å². The Morgan fingerprint density at radius 3 is 2.59 bits per heavy atom. The summed E-state index contributed by atoms with van der Waals surface area (Å²) in [5.74, 6) is 6.89. The summed E-state index contributed by atoms with van der Waals surface area (Å²) in [5.41, 5.74) is 4.76. The highest BCUT2D eigenvalue weighted by Crippen LogP contribution is 2.75. The molecule has 0 heterocycles. The molecule has 0 unspecified atom stereocenters. The van der Waals surface area contributed by atoms with Crippen molar-refractivity contribution in [1.82, 2.24) is 0 Å². The second kappa shape index (κ2) is 3.74. The Labute approximate surface area is 104 Å².